The molecule has 8 heteroatoms. The van der Waals surface area contributed by atoms with Crippen molar-refractivity contribution in [2.45, 2.75) is 12.5 Å². The minimum absolute atomic E-state index is 0.0862. The van der Waals surface area contributed by atoms with E-state index in [-0.39, 0.29) is 18.4 Å². The molecule has 1 aromatic heterocycles. The molecule has 3 N–H and O–H groups in total. The van der Waals surface area contributed by atoms with Gasteiger partial charge in [0, 0.05) is 16.7 Å². The zero-order valence-corrected chi connectivity index (χ0v) is 11.1. The highest BCUT2D eigenvalue weighted by atomic mass is 35.5. The molecule has 1 amide bonds. The summed E-state index contributed by atoms with van der Waals surface area (Å²) in [6, 6.07) is 3.64. The molecule has 20 heavy (non-hydrogen) atoms. The molecule has 0 atom stereocenters. The van der Waals surface area contributed by atoms with Gasteiger partial charge in [0.1, 0.15) is 11.4 Å². The van der Waals surface area contributed by atoms with Gasteiger partial charge in [-0.05, 0) is 12.1 Å². The third kappa shape index (κ3) is 2.10. The summed E-state index contributed by atoms with van der Waals surface area (Å²) in [5.74, 6) is 0.352. The van der Waals surface area contributed by atoms with Gasteiger partial charge >= 0.3 is 0 Å². The Morgan fingerprint density at radius 3 is 3.05 bits per heavy atom. The van der Waals surface area contributed by atoms with E-state index in [1.54, 1.807) is 6.07 Å². The zero-order chi connectivity index (χ0) is 14.1. The van der Waals surface area contributed by atoms with Crippen LogP contribution in [-0.4, -0.2) is 28.1 Å². The SMILES string of the molecule is NC(=O)c1n[nH]nc1-c1cc(CCl)c2c(c1)COCO2. The van der Waals surface area contributed by atoms with Crippen LogP contribution in [0.5, 0.6) is 5.75 Å². The zero-order valence-electron chi connectivity index (χ0n) is 10.4. The average Bonchev–Trinajstić information content (AvgIpc) is 2.95. The Balaban J connectivity index is 2.14. The molecule has 0 radical (unpaired) electrons. The summed E-state index contributed by atoms with van der Waals surface area (Å²) < 4.78 is 10.7. The molecular weight excluding hydrogens is 284 g/mol. The Labute approximate surface area is 119 Å². The van der Waals surface area contributed by atoms with Gasteiger partial charge in [0.2, 0.25) is 0 Å². The molecule has 7 nitrogen and oxygen atoms in total. The van der Waals surface area contributed by atoms with E-state index < -0.39 is 5.91 Å². The highest BCUT2D eigenvalue weighted by molar-refractivity contribution is 6.17. The van der Waals surface area contributed by atoms with Crippen LogP contribution in [-0.2, 0) is 17.2 Å². The lowest BCUT2D eigenvalue weighted by Crippen LogP contribution is -2.14. The summed E-state index contributed by atoms with van der Waals surface area (Å²) in [7, 11) is 0. The molecule has 2 heterocycles. The van der Waals surface area contributed by atoms with Crippen molar-refractivity contribution < 1.29 is 14.3 Å². The van der Waals surface area contributed by atoms with E-state index >= 15 is 0 Å². The lowest BCUT2D eigenvalue weighted by atomic mass is 10.0. The number of benzene rings is 1. The third-order valence-corrected chi connectivity index (χ3v) is 3.27. The first-order valence-corrected chi connectivity index (χ1v) is 6.37. The summed E-state index contributed by atoms with van der Waals surface area (Å²) in [5, 5.41) is 10.1. The van der Waals surface area contributed by atoms with Gasteiger partial charge in [-0.3, -0.25) is 4.79 Å². The predicted octanol–water partition coefficient (Wildman–Crippen LogP) is 1.18. The third-order valence-electron chi connectivity index (χ3n) is 2.99. The number of nitrogens with zero attached hydrogens (tertiary/aromatic N) is 2. The van der Waals surface area contributed by atoms with Gasteiger partial charge in [-0.2, -0.15) is 15.4 Å². The fourth-order valence-corrected chi connectivity index (χ4v) is 2.34. The predicted molar refractivity (Wildman–Crippen MR) is 70.2 cm³/mol. The minimum atomic E-state index is -0.647. The Morgan fingerprint density at radius 2 is 2.30 bits per heavy atom. The lowest BCUT2D eigenvalue weighted by molar-refractivity contribution is -0.0168. The van der Waals surface area contributed by atoms with Crippen molar-refractivity contribution in [1.29, 1.82) is 0 Å². The van der Waals surface area contributed by atoms with Crippen LogP contribution in [0.15, 0.2) is 12.1 Å². The summed E-state index contributed by atoms with van der Waals surface area (Å²) in [6.07, 6.45) is 0. The van der Waals surface area contributed by atoms with Crippen LogP contribution in [0.1, 0.15) is 21.6 Å². The van der Waals surface area contributed by atoms with E-state index in [1.807, 2.05) is 6.07 Å². The molecule has 0 fully saturated rings. The van der Waals surface area contributed by atoms with Crippen LogP contribution in [0.2, 0.25) is 0 Å². The number of fused-ring (bicyclic) bond motifs is 1. The number of nitrogens with one attached hydrogen (secondary N) is 1. The second-order valence-electron chi connectivity index (χ2n) is 4.25. The summed E-state index contributed by atoms with van der Waals surface area (Å²) in [5.41, 5.74) is 8.09. The monoisotopic (exact) mass is 294 g/mol. The molecule has 0 saturated heterocycles. The molecule has 3 rings (SSSR count). The van der Waals surface area contributed by atoms with Crippen molar-refractivity contribution in [2.24, 2.45) is 5.73 Å². The van der Waals surface area contributed by atoms with Gasteiger partial charge in [0.15, 0.2) is 12.5 Å². The Kier molecular flexibility index (Phi) is 3.29. The Hall–Kier alpha value is -2.12. The largest absolute Gasteiger partial charge is 0.467 e. The van der Waals surface area contributed by atoms with Crippen molar-refractivity contribution >= 4 is 17.5 Å². The number of primary amides is 1. The van der Waals surface area contributed by atoms with E-state index in [2.05, 4.69) is 15.4 Å². The van der Waals surface area contributed by atoms with Crippen LogP contribution in [0, 0.1) is 0 Å². The first kappa shape index (κ1) is 12.9. The van der Waals surface area contributed by atoms with Gasteiger partial charge in [-0.1, -0.05) is 0 Å². The molecular formula is C12H11ClN4O3. The number of aromatic amines is 1. The number of rotatable bonds is 3. The van der Waals surface area contributed by atoms with E-state index in [1.165, 1.54) is 0 Å². The number of carbonyl (C=O) groups is 1. The van der Waals surface area contributed by atoms with Crippen LogP contribution in [0.4, 0.5) is 0 Å². The Bertz CT molecular complexity index is 653. The van der Waals surface area contributed by atoms with Gasteiger partial charge in [-0.25, -0.2) is 0 Å². The van der Waals surface area contributed by atoms with Crippen molar-refractivity contribution in [1.82, 2.24) is 15.4 Å². The summed E-state index contributed by atoms with van der Waals surface area (Å²) in [4.78, 5) is 11.3. The smallest absolute Gasteiger partial charge is 0.271 e. The second kappa shape index (κ2) is 5.10. The molecule has 1 aliphatic rings. The maximum absolute atomic E-state index is 11.3. The van der Waals surface area contributed by atoms with Crippen molar-refractivity contribution in [3.05, 3.63) is 29.0 Å². The number of aromatic nitrogens is 3. The number of H-pyrrole nitrogens is 1. The van der Waals surface area contributed by atoms with Crippen molar-refractivity contribution in [3.8, 4) is 17.0 Å². The number of alkyl halides is 1. The van der Waals surface area contributed by atoms with E-state index in [0.29, 0.717) is 17.9 Å². The maximum Gasteiger partial charge on any atom is 0.271 e. The molecule has 0 spiro atoms. The topological polar surface area (TPSA) is 103 Å². The number of hydrogen-bond acceptors (Lipinski definition) is 5. The lowest BCUT2D eigenvalue weighted by Gasteiger charge is -2.21. The highest BCUT2D eigenvalue weighted by Gasteiger charge is 2.21. The van der Waals surface area contributed by atoms with Gasteiger partial charge in [0.05, 0.1) is 12.5 Å². The molecule has 0 aliphatic carbocycles. The maximum atomic E-state index is 11.3. The number of ether oxygens (including phenoxy) is 2. The van der Waals surface area contributed by atoms with Crippen molar-refractivity contribution in [2.75, 3.05) is 6.79 Å². The van der Waals surface area contributed by atoms with Crippen LogP contribution < -0.4 is 10.5 Å². The number of amides is 1. The van der Waals surface area contributed by atoms with Crippen molar-refractivity contribution in [3.63, 3.8) is 0 Å². The molecule has 0 saturated carbocycles. The molecule has 1 aromatic carbocycles. The molecule has 104 valence electrons. The van der Waals surface area contributed by atoms with E-state index in [0.717, 1.165) is 16.9 Å². The van der Waals surface area contributed by atoms with Crippen LogP contribution in [0.3, 0.4) is 0 Å². The highest BCUT2D eigenvalue weighted by Crippen LogP contribution is 2.34. The van der Waals surface area contributed by atoms with Gasteiger partial charge in [0.25, 0.3) is 5.91 Å². The minimum Gasteiger partial charge on any atom is -0.467 e. The molecule has 2 aromatic rings. The summed E-state index contributed by atoms with van der Waals surface area (Å²) in [6.45, 7) is 0.615. The van der Waals surface area contributed by atoms with Crippen LogP contribution in [0.25, 0.3) is 11.3 Å². The fraction of sp³-hybridized carbons (Fsp3) is 0.250. The number of carbonyl (C=O) groups excluding carboxylic acids is 1. The van der Waals surface area contributed by atoms with E-state index in [9.17, 15) is 4.79 Å². The quantitative estimate of drug-likeness (QED) is 0.827. The second-order valence-corrected chi connectivity index (χ2v) is 4.52. The fourth-order valence-electron chi connectivity index (χ4n) is 2.14. The van der Waals surface area contributed by atoms with Gasteiger partial charge < -0.3 is 15.2 Å². The first-order valence-electron chi connectivity index (χ1n) is 5.84. The first-order chi connectivity index (χ1) is 9.70. The number of nitrogens with two attached hydrogens (primary N) is 1. The molecule has 1 aliphatic heterocycles. The normalized spacial score (nSPS) is 13.7. The summed E-state index contributed by atoms with van der Waals surface area (Å²) >= 11 is 5.94. The van der Waals surface area contributed by atoms with Crippen LogP contribution >= 0.6 is 11.6 Å². The standard InChI is InChI=1S/C12H11ClN4O3/c13-3-7-1-6(2-8-4-19-5-20-11(7)8)9-10(12(14)18)16-17-15-9/h1-2H,3-5H2,(H2,14,18)(H,15,16,17). The Morgan fingerprint density at radius 1 is 1.45 bits per heavy atom. The van der Waals surface area contributed by atoms with E-state index in [4.69, 9.17) is 26.8 Å². The average molecular weight is 295 g/mol. The molecule has 0 bridgehead atoms. The molecule has 0 unspecified atom stereocenters. The number of hydrogen-bond donors (Lipinski definition) is 2. The number of halogens is 1. The van der Waals surface area contributed by atoms with Gasteiger partial charge in [-0.15, -0.1) is 11.6 Å².